The van der Waals surface area contributed by atoms with Crippen molar-refractivity contribution >= 4 is 18.3 Å². The molecule has 126 valence electrons. The fourth-order valence-electron chi connectivity index (χ4n) is 1.88. The summed E-state index contributed by atoms with van der Waals surface area (Å²) in [6.07, 6.45) is 0. The summed E-state index contributed by atoms with van der Waals surface area (Å²) in [5.41, 5.74) is 0.834. The van der Waals surface area contributed by atoms with E-state index in [1.165, 1.54) is 0 Å². The van der Waals surface area contributed by atoms with Crippen molar-refractivity contribution < 1.29 is 9.53 Å². The molecule has 0 fully saturated rings. The van der Waals surface area contributed by atoms with E-state index >= 15 is 0 Å². The summed E-state index contributed by atoms with van der Waals surface area (Å²) in [6, 6.07) is 7.82. The summed E-state index contributed by atoms with van der Waals surface area (Å²) in [5.74, 6) is 1.26. The van der Waals surface area contributed by atoms with Gasteiger partial charge in [-0.1, -0.05) is 32.0 Å². The Morgan fingerprint density at radius 1 is 1.23 bits per heavy atom. The quantitative estimate of drug-likeness (QED) is 0.808. The first kappa shape index (κ1) is 20.7. The van der Waals surface area contributed by atoms with Crippen molar-refractivity contribution in [1.82, 2.24) is 10.6 Å². The van der Waals surface area contributed by atoms with Crippen molar-refractivity contribution in [2.45, 2.75) is 46.7 Å². The Bertz CT molecular complexity index is 456. The topological polar surface area (TPSA) is 50.4 Å². The van der Waals surface area contributed by atoms with Gasteiger partial charge in [0, 0.05) is 17.6 Å². The van der Waals surface area contributed by atoms with E-state index in [1.54, 1.807) is 0 Å². The maximum Gasteiger partial charge on any atom is 0.258 e. The van der Waals surface area contributed by atoms with Crippen LogP contribution in [0.5, 0.6) is 5.75 Å². The first-order valence-electron chi connectivity index (χ1n) is 7.50. The van der Waals surface area contributed by atoms with E-state index in [2.05, 4.69) is 24.5 Å². The molecule has 0 heterocycles. The zero-order valence-electron chi connectivity index (χ0n) is 14.2. The number of ether oxygens (including phenoxy) is 1. The van der Waals surface area contributed by atoms with Gasteiger partial charge in [0.25, 0.3) is 5.91 Å². The van der Waals surface area contributed by atoms with Gasteiger partial charge in [-0.3, -0.25) is 4.79 Å². The number of halogens is 1. The lowest BCUT2D eigenvalue weighted by Crippen LogP contribution is -2.43. The van der Waals surface area contributed by atoms with Gasteiger partial charge in [-0.2, -0.15) is 0 Å². The van der Waals surface area contributed by atoms with E-state index in [1.807, 2.05) is 45.0 Å². The number of rotatable bonds is 7. The standard InChI is InChI=1S/C17H28N2O2.ClH/c1-13(2)10-18-11-14-8-6-7-9-15(14)21-12-16(20)19-17(3,4)5;/h6-9,13,18H,10-12H2,1-5H3,(H,19,20);1H. The Kier molecular flexibility index (Phi) is 9.14. The second-order valence-corrected chi connectivity index (χ2v) is 6.72. The zero-order valence-corrected chi connectivity index (χ0v) is 15.0. The van der Waals surface area contributed by atoms with Crippen LogP contribution in [0.4, 0.5) is 0 Å². The molecule has 1 rings (SSSR count). The predicted octanol–water partition coefficient (Wildman–Crippen LogP) is 3.15. The minimum Gasteiger partial charge on any atom is -0.483 e. The van der Waals surface area contributed by atoms with Crippen LogP contribution >= 0.6 is 12.4 Å². The van der Waals surface area contributed by atoms with Crippen LogP contribution in [0.2, 0.25) is 0 Å². The Labute approximate surface area is 140 Å². The molecule has 0 saturated carbocycles. The Morgan fingerprint density at radius 3 is 2.45 bits per heavy atom. The number of benzene rings is 1. The first-order chi connectivity index (χ1) is 9.78. The van der Waals surface area contributed by atoms with Crippen LogP contribution in [0.25, 0.3) is 0 Å². The highest BCUT2D eigenvalue weighted by molar-refractivity contribution is 5.85. The fourth-order valence-corrected chi connectivity index (χ4v) is 1.88. The lowest BCUT2D eigenvalue weighted by atomic mass is 10.1. The van der Waals surface area contributed by atoms with Crippen molar-refractivity contribution in [1.29, 1.82) is 0 Å². The monoisotopic (exact) mass is 328 g/mol. The van der Waals surface area contributed by atoms with Crippen molar-refractivity contribution in [2.75, 3.05) is 13.2 Å². The number of amides is 1. The summed E-state index contributed by atoms with van der Waals surface area (Å²) < 4.78 is 5.65. The van der Waals surface area contributed by atoms with Crippen molar-refractivity contribution in [3.05, 3.63) is 29.8 Å². The Balaban J connectivity index is 0.00000441. The number of nitrogens with one attached hydrogen (secondary N) is 2. The number of hydrogen-bond donors (Lipinski definition) is 2. The molecular formula is C17H29ClN2O2. The Morgan fingerprint density at radius 2 is 1.86 bits per heavy atom. The molecule has 0 aliphatic carbocycles. The van der Waals surface area contributed by atoms with Gasteiger partial charge in [0.1, 0.15) is 5.75 Å². The average molecular weight is 329 g/mol. The zero-order chi connectivity index (χ0) is 15.9. The molecule has 0 bridgehead atoms. The SMILES string of the molecule is CC(C)CNCc1ccccc1OCC(=O)NC(C)(C)C.Cl. The van der Waals surface area contributed by atoms with Crippen LogP contribution in [-0.2, 0) is 11.3 Å². The molecule has 1 aromatic rings. The average Bonchev–Trinajstić information content (AvgIpc) is 2.35. The minimum atomic E-state index is -0.237. The summed E-state index contributed by atoms with van der Waals surface area (Å²) in [7, 11) is 0. The molecule has 0 aliphatic rings. The summed E-state index contributed by atoms with van der Waals surface area (Å²) in [4.78, 5) is 11.8. The van der Waals surface area contributed by atoms with Crippen molar-refractivity contribution in [2.24, 2.45) is 5.92 Å². The third-order valence-corrected chi connectivity index (χ3v) is 2.71. The molecule has 0 spiro atoms. The van der Waals surface area contributed by atoms with Crippen LogP contribution in [-0.4, -0.2) is 24.6 Å². The molecule has 0 radical (unpaired) electrons. The van der Waals surface area contributed by atoms with E-state index in [0.717, 1.165) is 24.4 Å². The number of hydrogen-bond acceptors (Lipinski definition) is 3. The third kappa shape index (κ3) is 8.90. The lowest BCUT2D eigenvalue weighted by molar-refractivity contribution is -0.124. The van der Waals surface area contributed by atoms with Crippen LogP contribution in [0.3, 0.4) is 0 Å². The van der Waals surface area contributed by atoms with E-state index < -0.39 is 0 Å². The molecule has 2 N–H and O–H groups in total. The van der Waals surface area contributed by atoms with Gasteiger partial charge < -0.3 is 15.4 Å². The van der Waals surface area contributed by atoms with Crippen LogP contribution in [0.1, 0.15) is 40.2 Å². The molecule has 0 unspecified atom stereocenters. The third-order valence-electron chi connectivity index (χ3n) is 2.71. The van der Waals surface area contributed by atoms with Gasteiger partial charge >= 0.3 is 0 Å². The normalized spacial score (nSPS) is 11.0. The molecule has 22 heavy (non-hydrogen) atoms. The van der Waals surface area contributed by atoms with Crippen molar-refractivity contribution in [3.8, 4) is 5.75 Å². The van der Waals surface area contributed by atoms with Crippen LogP contribution in [0, 0.1) is 5.92 Å². The highest BCUT2D eigenvalue weighted by Crippen LogP contribution is 2.17. The van der Waals surface area contributed by atoms with E-state index in [-0.39, 0.29) is 30.5 Å². The van der Waals surface area contributed by atoms with Gasteiger partial charge in [0.05, 0.1) is 0 Å². The molecule has 1 amide bonds. The summed E-state index contributed by atoms with van der Waals surface area (Å²) in [5, 5.41) is 6.27. The number of para-hydroxylation sites is 1. The predicted molar refractivity (Wildman–Crippen MR) is 93.6 cm³/mol. The van der Waals surface area contributed by atoms with Crippen molar-refractivity contribution in [3.63, 3.8) is 0 Å². The minimum absolute atomic E-state index is 0. The molecule has 0 atom stereocenters. The van der Waals surface area contributed by atoms with Gasteiger partial charge in [-0.25, -0.2) is 0 Å². The summed E-state index contributed by atoms with van der Waals surface area (Å²) >= 11 is 0. The van der Waals surface area contributed by atoms with E-state index in [4.69, 9.17) is 4.74 Å². The smallest absolute Gasteiger partial charge is 0.258 e. The maximum absolute atomic E-state index is 11.8. The molecule has 0 aromatic heterocycles. The summed E-state index contributed by atoms with van der Waals surface area (Å²) in [6.45, 7) is 11.9. The van der Waals surface area contributed by atoms with E-state index in [9.17, 15) is 4.79 Å². The van der Waals surface area contributed by atoms with Crippen LogP contribution in [0.15, 0.2) is 24.3 Å². The second-order valence-electron chi connectivity index (χ2n) is 6.72. The lowest BCUT2D eigenvalue weighted by Gasteiger charge is -2.21. The first-order valence-corrected chi connectivity index (χ1v) is 7.50. The van der Waals surface area contributed by atoms with Gasteiger partial charge in [0.15, 0.2) is 6.61 Å². The van der Waals surface area contributed by atoms with Gasteiger partial charge in [-0.15, -0.1) is 12.4 Å². The molecule has 5 heteroatoms. The fraction of sp³-hybridized carbons (Fsp3) is 0.588. The highest BCUT2D eigenvalue weighted by atomic mass is 35.5. The molecular weight excluding hydrogens is 300 g/mol. The number of carbonyl (C=O) groups excluding carboxylic acids is 1. The number of carbonyl (C=O) groups is 1. The molecule has 0 aliphatic heterocycles. The molecule has 0 saturated heterocycles. The largest absolute Gasteiger partial charge is 0.483 e. The maximum atomic E-state index is 11.8. The Hall–Kier alpha value is -1.26. The molecule has 4 nitrogen and oxygen atoms in total. The van der Waals surface area contributed by atoms with Crippen LogP contribution < -0.4 is 15.4 Å². The highest BCUT2D eigenvalue weighted by Gasteiger charge is 2.14. The second kappa shape index (κ2) is 9.70. The van der Waals surface area contributed by atoms with E-state index in [0.29, 0.717) is 5.92 Å². The van der Waals surface area contributed by atoms with Gasteiger partial charge in [-0.05, 0) is 39.3 Å². The molecule has 1 aromatic carbocycles. The van der Waals surface area contributed by atoms with Gasteiger partial charge in [0.2, 0.25) is 0 Å².